The number of rotatable bonds is 4. The van der Waals surface area contributed by atoms with Crippen LogP contribution in [0, 0.1) is 0 Å². The highest BCUT2D eigenvalue weighted by Crippen LogP contribution is 2.34. The van der Waals surface area contributed by atoms with Gasteiger partial charge in [-0.25, -0.2) is 4.98 Å². The van der Waals surface area contributed by atoms with Gasteiger partial charge in [0.15, 0.2) is 5.76 Å². The molecule has 2 N–H and O–H groups in total. The summed E-state index contributed by atoms with van der Waals surface area (Å²) in [6, 6.07) is 9.08. The second kappa shape index (κ2) is 7.09. The first-order valence-electron chi connectivity index (χ1n) is 7.27. The van der Waals surface area contributed by atoms with Crippen LogP contribution in [0.5, 0.6) is 0 Å². The van der Waals surface area contributed by atoms with Gasteiger partial charge >= 0.3 is 6.18 Å². The Bertz CT molecular complexity index is 910. The summed E-state index contributed by atoms with van der Waals surface area (Å²) in [5, 5.41) is 5.42. The van der Waals surface area contributed by atoms with Crippen LogP contribution in [0.15, 0.2) is 59.3 Å². The minimum absolute atomic E-state index is 0.0707. The van der Waals surface area contributed by atoms with E-state index in [0.717, 1.165) is 18.2 Å². The van der Waals surface area contributed by atoms with Crippen LogP contribution in [0.1, 0.15) is 16.1 Å². The van der Waals surface area contributed by atoms with Gasteiger partial charge in [-0.2, -0.15) is 13.2 Å². The van der Waals surface area contributed by atoms with Crippen LogP contribution in [-0.2, 0) is 6.18 Å². The van der Waals surface area contributed by atoms with Crippen molar-refractivity contribution in [2.45, 2.75) is 6.18 Å². The standard InChI is InChI=1S/C17H11ClF3N3O2/c18-12-5-3-10(17(19,20)21)8-13(12)24-15-6-4-11(9-22-15)23-16(25)14-2-1-7-26-14/h1-9H,(H,22,24)(H,23,25). The van der Waals surface area contributed by atoms with Crippen molar-refractivity contribution >= 4 is 34.7 Å². The molecule has 3 aromatic rings. The first-order chi connectivity index (χ1) is 12.3. The number of nitrogens with one attached hydrogen (secondary N) is 2. The number of benzene rings is 1. The molecular weight excluding hydrogens is 371 g/mol. The third-order valence-corrected chi connectivity index (χ3v) is 3.65. The zero-order valence-electron chi connectivity index (χ0n) is 13.0. The van der Waals surface area contributed by atoms with E-state index in [1.165, 1.54) is 30.7 Å². The molecule has 0 radical (unpaired) electrons. The Hall–Kier alpha value is -3.00. The molecule has 3 rings (SSSR count). The minimum atomic E-state index is -4.48. The van der Waals surface area contributed by atoms with Gasteiger partial charge in [-0.3, -0.25) is 4.79 Å². The topological polar surface area (TPSA) is 67.2 Å². The van der Waals surface area contributed by atoms with Gasteiger partial charge in [-0.15, -0.1) is 0 Å². The Kier molecular flexibility index (Phi) is 4.85. The second-order valence-corrected chi connectivity index (χ2v) is 5.59. The van der Waals surface area contributed by atoms with E-state index in [1.54, 1.807) is 6.07 Å². The molecule has 0 spiro atoms. The maximum atomic E-state index is 12.8. The molecule has 0 aliphatic carbocycles. The summed E-state index contributed by atoms with van der Waals surface area (Å²) in [4.78, 5) is 15.9. The van der Waals surface area contributed by atoms with Crippen molar-refractivity contribution in [2.75, 3.05) is 10.6 Å². The molecule has 1 aromatic carbocycles. The number of halogens is 4. The first-order valence-corrected chi connectivity index (χ1v) is 7.65. The summed E-state index contributed by atoms with van der Waals surface area (Å²) < 4.78 is 43.4. The number of hydrogen-bond donors (Lipinski definition) is 2. The molecule has 0 atom stereocenters. The van der Waals surface area contributed by atoms with Crippen molar-refractivity contribution < 1.29 is 22.4 Å². The number of alkyl halides is 3. The lowest BCUT2D eigenvalue weighted by Crippen LogP contribution is -2.11. The largest absolute Gasteiger partial charge is 0.459 e. The van der Waals surface area contributed by atoms with Crippen LogP contribution in [0.3, 0.4) is 0 Å². The molecule has 2 heterocycles. The van der Waals surface area contributed by atoms with E-state index in [1.807, 2.05) is 0 Å². The number of anilines is 3. The van der Waals surface area contributed by atoms with E-state index < -0.39 is 17.6 Å². The average Bonchev–Trinajstić information content (AvgIpc) is 3.12. The normalized spacial score (nSPS) is 11.2. The zero-order chi connectivity index (χ0) is 18.7. The maximum Gasteiger partial charge on any atom is 0.416 e. The molecule has 2 aromatic heterocycles. The average molecular weight is 382 g/mol. The van der Waals surface area contributed by atoms with Gasteiger partial charge in [0.25, 0.3) is 5.91 Å². The quantitative estimate of drug-likeness (QED) is 0.640. The molecule has 0 aliphatic heterocycles. The van der Waals surface area contributed by atoms with Gasteiger partial charge in [0.05, 0.1) is 34.4 Å². The molecule has 5 nitrogen and oxygen atoms in total. The van der Waals surface area contributed by atoms with E-state index in [9.17, 15) is 18.0 Å². The molecule has 0 saturated heterocycles. The lowest BCUT2D eigenvalue weighted by molar-refractivity contribution is -0.137. The fourth-order valence-electron chi connectivity index (χ4n) is 2.08. The SMILES string of the molecule is O=C(Nc1ccc(Nc2cc(C(F)(F)F)ccc2Cl)nc1)c1ccco1. The molecule has 9 heteroatoms. The van der Waals surface area contributed by atoms with E-state index in [4.69, 9.17) is 16.0 Å². The summed E-state index contributed by atoms with van der Waals surface area (Å²) >= 11 is 5.93. The molecule has 0 saturated carbocycles. The molecule has 134 valence electrons. The molecule has 0 bridgehead atoms. The lowest BCUT2D eigenvalue weighted by Gasteiger charge is -2.12. The number of furan rings is 1. The molecule has 1 amide bonds. The van der Waals surface area contributed by atoms with Gasteiger partial charge in [0, 0.05) is 0 Å². The van der Waals surface area contributed by atoms with Crippen LogP contribution < -0.4 is 10.6 Å². The number of hydrogen-bond acceptors (Lipinski definition) is 4. The Morgan fingerprint density at radius 3 is 2.58 bits per heavy atom. The Labute approximate surface area is 150 Å². The second-order valence-electron chi connectivity index (χ2n) is 5.18. The number of aromatic nitrogens is 1. The van der Waals surface area contributed by atoms with Crippen molar-refractivity contribution in [2.24, 2.45) is 0 Å². The third-order valence-electron chi connectivity index (χ3n) is 3.32. The summed E-state index contributed by atoms with van der Waals surface area (Å²) in [6.07, 6.45) is -1.75. The van der Waals surface area contributed by atoms with Crippen LogP contribution in [0.25, 0.3) is 0 Å². The maximum absolute atomic E-state index is 12.8. The summed E-state index contributed by atoms with van der Waals surface area (Å²) in [6.45, 7) is 0. The van der Waals surface area contributed by atoms with Crippen LogP contribution in [-0.4, -0.2) is 10.9 Å². The van der Waals surface area contributed by atoms with Gasteiger partial charge in [-0.1, -0.05) is 11.6 Å². The first kappa shape index (κ1) is 17.8. The molecule has 26 heavy (non-hydrogen) atoms. The van der Waals surface area contributed by atoms with Gasteiger partial charge in [0.2, 0.25) is 0 Å². The fourth-order valence-corrected chi connectivity index (χ4v) is 2.24. The fraction of sp³-hybridized carbons (Fsp3) is 0.0588. The zero-order valence-corrected chi connectivity index (χ0v) is 13.7. The van der Waals surface area contributed by atoms with E-state index >= 15 is 0 Å². The van der Waals surface area contributed by atoms with Gasteiger partial charge < -0.3 is 15.1 Å². The highest BCUT2D eigenvalue weighted by molar-refractivity contribution is 6.33. The van der Waals surface area contributed by atoms with E-state index in [2.05, 4.69) is 15.6 Å². The van der Waals surface area contributed by atoms with Crippen LogP contribution in [0.4, 0.5) is 30.4 Å². The molecule has 0 aliphatic rings. The monoisotopic (exact) mass is 381 g/mol. The van der Waals surface area contributed by atoms with Crippen molar-refractivity contribution in [3.63, 3.8) is 0 Å². The van der Waals surface area contributed by atoms with Crippen molar-refractivity contribution in [3.8, 4) is 0 Å². The predicted molar refractivity (Wildman–Crippen MR) is 90.6 cm³/mol. The number of carbonyl (C=O) groups excluding carboxylic acids is 1. The van der Waals surface area contributed by atoms with Crippen LogP contribution in [0.2, 0.25) is 5.02 Å². The molecule has 0 fully saturated rings. The highest BCUT2D eigenvalue weighted by Gasteiger charge is 2.31. The lowest BCUT2D eigenvalue weighted by atomic mass is 10.2. The minimum Gasteiger partial charge on any atom is -0.459 e. The number of amides is 1. The Balaban J connectivity index is 1.73. The summed E-state index contributed by atoms with van der Waals surface area (Å²) in [5.41, 5.74) is -0.361. The Morgan fingerprint density at radius 1 is 1.15 bits per heavy atom. The molecule has 0 unspecified atom stereocenters. The Morgan fingerprint density at radius 2 is 1.96 bits per heavy atom. The van der Waals surface area contributed by atoms with Crippen molar-refractivity contribution in [1.29, 1.82) is 0 Å². The molecular formula is C17H11ClF3N3O2. The number of nitrogens with zero attached hydrogens (tertiary/aromatic N) is 1. The summed E-state index contributed by atoms with van der Waals surface area (Å²) in [7, 11) is 0. The number of carbonyl (C=O) groups is 1. The van der Waals surface area contributed by atoms with Crippen LogP contribution >= 0.6 is 11.6 Å². The van der Waals surface area contributed by atoms with E-state index in [-0.39, 0.29) is 22.3 Å². The van der Waals surface area contributed by atoms with Gasteiger partial charge in [0.1, 0.15) is 5.82 Å². The third kappa shape index (κ3) is 4.15. The summed E-state index contributed by atoms with van der Waals surface area (Å²) in [5.74, 6) is -0.0383. The van der Waals surface area contributed by atoms with Crippen molar-refractivity contribution in [3.05, 3.63) is 71.3 Å². The van der Waals surface area contributed by atoms with Crippen molar-refractivity contribution in [1.82, 2.24) is 4.98 Å². The smallest absolute Gasteiger partial charge is 0.416 e. The van der Waals surface area contributed by atoms with Gasteiger partial charge in [-0.05, 0) is 42.5 Å². The van der Waals surface area contributed by atoms with E-state index in [0.29, 0.717) is 5.69 Å². The number of pyridine rings is 1. The predicted octanol–water partition coefficient (Wildman–Crippen LogP) is 5.34. The highest BCUT2D eigenvalue weighted by atomic mass is 35.5.